The third-order valence-corrected chi connectivity index (χ3v) is 3.41. The minimum Gasteiger partial charge on any atom is -0.287 e. The van der Waals surface area contributed by atoms with Gasteiger partial charge in [-0.25, -0.2) is 8.78 Å². The van der Waals surface area contributed by atoms with Gasteiger partial charge >= 0.3 is 0 Å². The Morgan fingerprint density at radius 2 is 2.11 bits per heavy atom. The summed E-state index contributed by atoms with van der Waals surface area (Å²) in [4.78, 5) is 12.2. The van der Waals surface area contributed by atoms with Gasteiger partial charge in [-0.05, 0) is 40.5 Å². The Labute approximate surface area is 117 Å². The van der Waals surface area contributed by atoms with Gasteiger partial charge in [-0.1, -0.05) is 6.92 Å². The predicted octanol–water partition coefficient (Wildman–Crippen LogP) is 3.25. The quantitative estimate of drug-likeness (QED) is 0.640. The number of carbonyl (C=O) groups is 1. The van der Waals surface area contributed by atoms with Gasteiger partial charge in [0.25, 0.3) is 0 Å². The zero-order chi connectivity index (χ0) is 14.2. The van der Waals surface area contributed by atoms with Gasteiger partial charge in [-0.15, -0.1) is 0 Å². The SMILES string of the molecule is CCc1cc(C(=O)c2c(F)ccc(Br)c2F)n(C)n1. The van der Waals surface area contributed by atoms with E-state index in [1.807, 2.05) is 6.92 Å². The first-order chi connectivity index (χ1) is 8.95. The Morgan fingerprint density at radius 3 is 2.68 bits per heavy atom. The fourth-order valence-electron chi connectivity index (χ4n) is 1.78. The van der Waals surface area contributed by atoms with Crippen molar-refractivity contribution < 1.29 is 13.6 Å². The van der Waals surface area contributed by atoms with E-state index in [2.05, 4.69) is 21.0 Å². The second-order valence-corrected chi connectivity index (χ2v) is 4.90. The third kappa shape index (κ3) is 2.45. The smallest absolute Gasteiger partial charge is 0.216 e. The summed E-state index contributed by atoms with van der Waals surface area (Å²) in [7, 11) is 1.57. The fraction of sp³-hybridized carbons (Fsp3) is 0.231. The predicted molar refractivity (Wildman–Crippen MR) is 70.1 cm³/mol. The van der Waals surface area contributed by atoms with Crippen LogP contribution in [0.4, 0.5) is 8.78 Å². The van der Waals surface area contributed by atoms with Crippen molar-refractivity contribution in [1.82, 2.24) is 9.78 Å². The van der Waals surface area contributed by atoms with E-state index in [0.29, 0.717) is 12.1 Å². The van der Waals surface area contributed by atoms with Crippen LogP contribution in [0, 0.1) is 11.6 Å². The summed E-state index contributed by atoms with van der Waals surface area (Å²) < 4.78 is 28.9. The molecule has 19 heavy (non-hydrogen) atoms. The summed E-state index contributed by atoms with van der Waals surface area (Å²) in [6.07, 6.45) is 0.643. The van der Waals surface area contributed by atoms with Gasteiger partial charge < -0.3 is 0 Å². The number of aromatic nitrogens is 2. The molecule has 2 aromatic rings. The maximum Gasteiger partial charge on any atom is 0.216 e. The number of nitrogens with zero attached hydrogens (tertiary/aromatic N) is 2. The molecule has 1 heterocycles. The lowest BCUT2D eigenvalue weighted by Gasteiger charge is -2.05. The molecule has 0 unspecified atom stereocenters. The van der Waals surface area contributed by atoms with Gasteiger partial charge in [0.2, 0.25) is 5.78 Å². The first-order valence-corrected chi connectivity index (χ1v) is 6.46. The highest BCUT2D eigenvalue weighted by Gasteiger charge is 2.23. The molecule has 0 radical (unpaired) electrons. The third-order valence-electron chi connectivity index (χ3n) is 2.80. The molecule has 0 saturated carbocycles. The minimum absolute atomic E-state index is 0.0510. The molecule has 3 nitrogen and oxygen atoms in total. The Balaban J connectivity index is 2.56. The van der Waals surface area contributed by atoms with E-state index >= 15 is 0 Å². The molecule has 0 amide bonds. The van der Waals surface area contributed by atoms with Crippen LogP contribution in [0.3, 0.4) is 0 Å². The Kier molecular flexibility index (Phi) is 3.80. The molecule has 2 rings (SSSR count). The maximum absolute atomic E-state index is 13.9. The zero-order valence-electron chi connectivity index (χ0n) is 10.4. The van der Waals surface area contributed by atoms with Gasteiger partial charge in [-0.2, -0.15) is 5.10 Å². The van der Waals surface area contributed by atoms with E-state index in [0.717, 1.165) is 6.07 Å². The van der Waals surface area contributed by atoms with Crippen LogP contribution in [-0.2, 0) is 13.5 Å². The lowest BCUT2D eigenvalue weighted by Crippen LogP contribution is -2.12. The Hall–Kier alpha value is -1.56. The lowest BCUT2D eigenvalue weighted by molar-refractivity contribution is 0.102. The molecule has 0 saturated heterocycles. The number of halogens is 3. The van der Waals surface area contributed by atoms with Crippen LogP contribution in [0.2, 0.25) is 0 Å². The number of aryl methyl sites for hydroxylation is 2. The van der Waals surface area contributed by atoms with Crippen molar-refractivity contribution in [2.45, 2.75) is 13.3 Å². The molecule has 6 heteroatoms. The van der Waals surface area contributed by atoms with Crippen molar-refractivity contribution in [2.75, 3.05) is 0 Å². The van der Waals surface area contributed by atoms with Crippen LogP contribution < -0.4 is 0 Å². The molecule has 100 valence electrons. The van der Waals surface area contributed by atoms with Gasteiger partial charge in [0, 0.05) is 7.05 Å². The highest BCUT2D eigenvalue weighted by molar-refractivity contribution is 9.10. The largest absolute Gasteiger partial charge is 0.287 e. The molecule has 1 aromatic heterocycles. The van der Waals surface area contributed by atoms with E-state index in [1.54, 1.807) is 13.1 Å². The van der Waals surface area contributed by atoms with Crippen molar-refractivity contribution in [3.63, 3.8) is 0 Å². The molecule has 0 aliphatic rings. The average molecular weight is 329 g/mol. The molecule has 0 aliphatic carbocycles. The highest BCUT2D eigenvalue weighted by atomic mass is 79.9. The number of hydrogen-bond donors (Lipinski definition) is 0. The summed E-state index contributed by atoms with van der Waals surface area (Å²) in [5, 5.41) is 4.10. The summed E-state index contributed by atoms with van der Waals surface area (Å²) in [6, 6.07) is 3.82. The summed E-state index contributed by atoms with van der Waals surface area (Å²) in [6.45, 7) is 1.89. The molecule has 0 spiro atoms. The maximum atomic E-state index is 13.9. The highest BCUT2D eigenvalue weighted by Crippen LogP contribution is 2.24. The van der Waals surface area contributed by atoms with Crippen molar-refractivity contribution in [3.8, 4) is 0 Å². The van der Waals surface area contributed by atoms with E-state index in [4.69, 9.17) is 0 Å². The monoisotopic (exact) mass is 328 g/mol. The molecule has 1 aromatic carbocycles. The van der Waals surface area contributed by atoms with Crippen LogP contribution in [-0.4, -0.2) is 15.6 Å². The molecule has 0 bridgehead atoms. The normalized spacial score (nSPS) is 10.8. The van der Waals surface area contributed by atoms with E-state index in [-0.39, 0.29) is 10.2 Å². The fourth-order valence-corrected chi connectivity index (χ4v) is 2.11. The van der Waals surface area contributed by atoms with Crippen molar-refractivity contribution >= 4 is 21.7 Å². The van der Waals surface area contributed by atoms with Crippen molar-refractivity contribution in [2.24, 2.45) is 7.05 Å². The number of rotatable bonds is 3. The molecule has 0 aliphatic heterocycles. The Bertz CT molecular complexity index is 652. The second-order valence-electron chi connectivity index (χ2n) is 4.05. The van der Waals surface area contributed by atoms with Crippen LogP contribution in [0.25, 0.3) is 0 Å². The summed E-state index contributed by atoms with van der Waals surface area (Å²) >= 11 is 2.94. The number of ketones is 1. The van der Waals surface area contributed by atoms with Gasteiger partial charge in [0.05, 0.1) is 15.7 Å². The number of benzene rings is 1. The molecular weight excluding hydrogens is 318 g/mol. The molecular formula is C13H11BrF2N2O. The van der Waals surface area contributed by atoms with E-state index in [9.17, 15) is 13.6 Å². The first kappa shape index (κ1) is 13.9. The molecule has 0 N–H and O–H groups in total. The number of carbonyl (C=O) groups excluding carboxylic acids is 1. The van der Waals surface area contributed by atoms with Crippen molar-refractivity contribution in [3.05, 3.63) is 51.3 Å². The lowest BCUT2D eigenvalue weighted by atomic mass is 10.1. The number of hydrogen-bond acceptors (Lipinski definition) is 2. The van der Waals surface area contributed by atoms with Gasteiger partial charge in [0.1, 0.15) is 11.5 Å². The van der Waals surface area contributed by atoms with Crippen LogP contribution in [0.1, 0.15) is 28.7 Å². The molecule has 0 atom stereocenters. The zero-order valence-corrected chi connectivity index (χ0v) is 12.0. The second kappa shape index (κ2) is 5.21. The van der Waals surface area contributed by atoms with Gasteiger partial charge in [-0.3, -0.25) is 9.48 Å². The average Bonchev–Trinajstić information content (AvgIpc) is 2.75. The van der Waals surface area contributed by atoms with E-state index in [1.165, 1.54) is 10.7 Å². The standard InChI is InChI=1S/C13H11BrF2N2O/c1-3-7-6-10(18(2)17-7)13(19)11-9(15)5-4-8(14)12(11)16/h4-6H,3H2,1-2H3. The topological polar surface area (TPSA) is 34.9 Å². The van der Waals surface area contributed by atoms with Crippen LogP contribution in [0.15, 0.2) is 22.7 Å². The van der Waals surface area contributed by atoms with Crippen LogP contribution >= 0.6 is 15.9 Å². The Morgan fingerprint density at radius 1 is 1.42 bits per heavy atom. The van der Waals surface area contributed by atoms with Crippen LogP contribution in [0.5, 0.6) is 0 Å². The summed E-state index contributed by atoms with van der Waals surface area (Å²) in [5.74, 6) is -2.50. The van der Waals surface area contributed by atoms with Gasteiger partial charge in [0.15, 0.2) is 5.82 Å². The molecule has 0 fully saturated rings. The minimum atomic E-state index is -0.899. The first-order valence-electron chi connectivity index (χ1n) is 5.66. The summed E-state index contributed by atoms with van der Waals surface area (Å²) in [5.41, 5.74) is 0.287. The van der Waals surface area contributed by atoms with Crippen molar-refractivity contribution in [1.29, 1.82) is 0 Å². The van der Waals surface area contributed by atoms with E-state index < -0.39 is 23.0 Å².